The van der Waals surface area contributed by atoms with Crippen LogP contribution in [-0.4, -0.2) is 0 Å². The zero-order valence-corrected chi connectivity index (χ0v) is 32.5. The van der Waals surface area contributed by atoms with E-state index in [-0.39, 0.29) is 0 Å². The fourth-order valence-electron chi connectivity index (χ4n) is 9.97. The third-order valence-electron chi connectivity index (χ3n) is 12.7. The molecule has 0 saturated heterocycles. The van der Waals surface area contributed by atoms with E-state index in [1.807, 2.05) is 0 Å². The first-order valence-corrected chi connectivity index (χ1v) is 20.7. The molecule has 9 aromatic carbocycles. The highest BCUT2D eigenvalue weighted by molar-refractivity contribution is 5.97. The van der Waals surface area contributed by atoms with Gasteiger partial charge in [0.15, 0.2) is 0 Å². The summed E-state index contributed by atoms with van der Waals surface area (Å²) in [5, 5.41) is 2.51. The summed E-state index contributed by atoms with van der Waals surface area (Å²) in [6.07, 6.45) is 4.81. The normalized spacial score (nSPS) is 13.7. The molecule has 0 unspecified atom stereocenters. The van der Waals surface area contributed by atoms with Crippen molar-refractivity contribution >= 4 is 27.8 Å². The quantitative estimate of drug-likeness (QED) is 0.157. The van der Waals surface area contributed by atoms with Gasteiger partial charge >= 0.3 is 0 Å². The third-order valence-corrected chi connectivity index (χ3v) is 12.7. The fourth-order valence-corrected chi connectivity index (χ4v) is 9.97. The minimum absolute atomic E-state index is 0.514. The van der Waals surface area contributed by atoms with Crippen molar-refractivity contribution in [1.29, 1.82) is 0 Å². The molecule has 1 heteroatoms. The average molecular weight is 742 g/mol. The van der Waals surface area contributed by atoms with Crippen molar-refractivity contribution in [3.8, 4) is 33.4 Å². The minimum atomic E-state index is -0.514. The maximum atomic E-state index is 2.54. The molecule has 0 bridgehead atoms. The Morgan fingerprint density at radius 2 is 0.931 bits per heavy atom. The number of hydrogen-bond donors (Lipinski definition) is 0. The molecule has 0 amide bonds. The highest BCUT2D eigenvalue weighted by Crippen LogP contribution is 2.59. The van der Waals surface area contributed by atoms with Crippen molar-refractivity contribution in [2.45, 2.75) is 31.1 Å². The van der Waals surface area contributed by atoms with E-state index in [4.69, 9.17) is 0 Å². The summed E-state index contributed by atoms with van der Waals surface area (Å²) in [7, 11) is 0. The Balaban J connectivity index is 1.19. The SMILES string of the molecule is c1ccc(N(c2ccc(-c3ccc4ccccc4c3)cc2)c2cc3c(cc2-c2ccc4c(c2)CCCC4)-c2ccccc2C3(c2ccccc2)c2ccccc2)cc1. The van der Waals surface area contributed by atoms with Crippen LogP contribution in [0.3, 0.4) is 0 Å². The standard InChI is InChI=1S/C57H43N/c1-4-20-47(21-5-1)57(48-22-6-2-7-23-48)54-27-15-14-26-51(54)53-38-52(46-31-29-41-17-11-13-19-44(41)37-46)56(39-55(53)57)58(49-24-8-3-9-25-49)50-34-32-42(33-35-50)45-30-28-40-16-10-12-18-43(40)36-45/h1-10,12,14-16,18,20-39H,11,13,17,19H2. The average Bonchev–Trinajstić information content (AvgIpc) is 3.59. The van der Waals surface area contributed by atoms with Gasteiger partial charge in [0, 0.05) is 16.9 Å². The molecule has 11 rings (SSSR count). The summed E-state index contributed by atoms with van der Waals surface area (Å²) in [4.78, 5) is 2.49. The summed E-state index contributed by atoms with van der Waals surface area (Å²) in [6, 6.07) is 79.2. The van der Waals surface area contributed by atoms with E-state index in [0.29, 0.717) is 0 Å². The molecule has 1 nitrogen and oxygen atoms in total. The van der Waals surface area contributed by atoms with Crippen LogP contribution >= 0.6 is 0 Å². The second kappa shape index (κ2) is 14.2. The maximum Gasteiger partial charge on any atom is 0.0714 e. The molecular formula is C57H43N. The Hall–Kier alpha value is -6.96. The van der Waals surface area contributed by atoms with Crippen LogP contribution in [0.15, 0.2) is 212 Å². The molecule has 0 radical (unpaired) electrons. The molecular weight excluding hydrogens is 699 g/mol. The molecule has 2 aliphatic rings. The lowest BCUT2D eigenvalue weighted by Crippen LogP contribution is -2.28. The molecule has 2 aliphatic carbocycles. The first kappa shape index (κ1) is 34.3. The number of rotatable bonds is 7. The number of para-hydroxylation sites is 1. The lowest BCUT2D eigenvalue weighted by molar-refractivity contribution is 0.686. The molecule has 9 aromatic rings. The molecule has 58 heavy (non-hydrogen) atoms. The summed E-state index contributed by atoms with van der Waals surface area (Å²) in [6.45, 7) is 0. The van der Waals surface area contributed by atoms with Crippen LogP contribution in [0.4, 0.5) is 17.1 Å². The van der Waals surface area contributed by atoms with E-state index < -0.39 is 5.41 Å². The fraction of sp³-hybridized carbons (Fsp3) is 0.0877. The van der Waals surface area contributed by atoms with Crippen molar-refractivity contribution < 1.29 is 0 Å². The number of nitrogens with zero attached hydrogens (tertiary/aromatic N) is 1. The third kappa shape index (κ3) is 5.61. The summed E-state index contributed by atoms with van der Waals surface area (Å²) >= 11 is 0. The van der Waals surface area contributed by atoms with E-state index in [9.17, 15) is 0 Å². The van der Waals surface area contributed by atoms with Gasteiger partial charge in [0.2, 0.25) is 0 Å². The van der Waals surface area contributed by atoms with Crippen LogP contribution in [0.5, 0.6) is 0 Å². The molecule has 0 saturated carbocycles. The van der Waals surface area contributed by atoms with E-state index in [1.54, 1.807) is 0 Å². The highest BCUT2D eigenvalue weighted by atomic mass is 15.1. The zero-order valence-electron chi connectivity index (χ0n) is 32.5. The summed E-state index contributed by atoms with van der Waals surface area (Å²) in [5.41, 5.74) is 18.6. The number of benzene rings is 9. The largest absolute Gasteiger partial charge is 0.310 e. The van der Waals surface area contributed by atoms with E-state index in [1.165, 1.54) is 96.1 Å². The van der Waals surface area contributed by atoms with Crippen LogP contribution in [0.25, 0.3) is 44.2 Å². The van der Waals surface area contributed by atoms with Crippen LogP contribution in [-0.2, 0) is 18.3 Å². The van der Waals surface area contributed by atoms with Gasteiger partial charge in [-0.2, -0.15) is 0 Å². The van der Waals surface area contributed by atoms with Crippen LogP contribution in [0, 0.1) is 0 Å². The number of fused-ring (bicyclic) bond motifs is 5. The summed E-state index contributed by atoms with van der Waals surface area (Å²) in [5.74, 6) is 0. The van der Waals surface area contributed by atoms with Gasteiger partial charge in [0.05, 0.1) is 11.1 Å². The van der Waals surface area contributed by atoms with Gasteiger partial charge in [-0.25, -0.2) is 0 Å². The van der Waals surface area contributed by atoms with Gasteiger partial charge in [0.25, 0.3) is 0 Å². The smallest absolute Gasteiger partial charge is 0.0714 e. The predicted octanol–water partition coefficient (Wildman–Crippen LogP) is 14.9. The van der Waals surface area contributed by atoms with Gasteiger partial charge in [-0.1, -0.05) is 170 Å². The number of hydrogen-bond acceptors (Lipinski definition) is 1. The van der Waals surface area contributed by atoms with Gasteiger partial charge in [-0.3, -0.25) is 0 Å². The monoisotopic (exact) mass is 741 g/mol. The lowest BCUT2D eigenvalue weighted by Gasteiger charge is -2.35. The molecule has 0 N–H and O–H groups in total. The Bertz CT molecular complexity index is 2890. The molecule has 0 aliphatic heterocycles. The van der Waals surface area contributed by atoms with Gasteiger partial charge in [-0.15, -0.1) is 0 Å². The van der Waals surface area contributed by atoms with Crippen molar-refractivity contribution in [3.05, 3.63) is 246 Å². The van der Waals surface area contributed by atoms with Crippen molar-refractivity contribution in [2.24, 2.45) is 0 Å². The van der Waals surface area contributed by atoms with Crippen molar-refractivity contribution in [2.75, 3.05) is 4.90 Å². The first-order chi connectivity index (χ1) is 28.8. The lowest BCUT2D eigenvalue weighted by atomic mass is 9.67. The molecule has 0 atom stereocenters. The molecule has 0 aromatic heterocycles. The number of anilines is 3. The molecule has 0 spiro atoms. The zero-order chi connectivity index (χ0) is 38.5. The molecule has 0 heterocycles. The molecule has 276 valence electrons. The Morgan fingerprint density at radius 3 is 1.67 bits per heavy atom. The topological polar surface area (TPSA) is 3.24 Å². The van der Waals surface area contributed by atoms with E-state index in [0.717, 1.165) is 24.2 Å². The van der Waals surface area contributed by atoms with Gasteiger partial charge < -0.3 is 4.90 Å². The van der Waals surface area contributed by atoms with Crippen molar-refractivity contribution in [1.82, 2.24) is 0 Å². The van der Waals surface area contributed by atoms with Crippen LogP contribution in [0.2, 0.25) is 0 Å². The van der Waals surface area contributed by atoms with E-state index in [2.05, 4.69) is 217 Å². The van der Waals surface area contributed by atoms with Crippen LogP contribution < -0.4 is 4.90 Å². The van der Waals surface area contributed by atoms with Crippen LogP contribution in [0.1, 0.15) is 46.2 Å². The summed E-state index contributed by atoms with van der Waals surface area (Å²) < 4.78 is 0. The number of aryl methyl sites for hydroxylation is 2. The minimum Gasteiger partial charge on any atom is -0.310 e. The maximum absolute atomic E-state index is 2.54. The first-order valence-electron chi connectivity index (χ1n) is 20.7. The highest BCUT2D eigenvalue weighted by Gasteiger charge is 2.46. The Labute approximate surface area is 341 Å². The van der Waals surface area contributed by atoms with Gasteiger partial charge in [-0.05, 0) is 140 Å². The van der Waals surface area contributed by atoms with Gasteiger partial charge in [0.1, 0.15) is 0 Å². The molecule has 0 fully saturated rings. The second-order valence-corrected chi connectivity index (χ2v) is 15.9. The van der Waals surface area contributed by atoms with E-state index >= 15 is 0 Å². The Kier molecular flexibility index (Phi) is 8.40. The van der Waals surface area contributed by atoms with Crippen molar-refractivity contribution in [3.63, 3.8) is 0 Å². The predicted molar refractivity (Wildman–Crippen MR) is 243 cm³/mol. The Morgan fingerprint density at radius 1 is 0.345 bits per heavy atom. The second-order valence-electron chi connectivity index (χ2n) is 15.9.